The topological polar surface area (TPSA) is 353 Å². The maximum atomic E-state index is 14.6. The molecule has 0 aliphatic rings. The van der Waals surface area contributed by atoms with E-state index in [0.717, 1.165) is 64.2 Å². The molecule has 3 amide bonds. The van der Waals surface area contributed by atoms with Crippen LogP contribution in [0.2, 0.25) is 0 Å². The van der Waals surface area contributed by atoms with E-state index in [1.54, 1.807) is 0 Å². The lowest BCUT2D eigenvalue weighted by Crippen LogP contribution is -2.49. The molecule has 0 fully saturated rings. The lowest BCUT2D eigenvalue weighted by atomic mass is 9.89. The highest BCUT2D eigenvalue weighted by Gasteiger charge is 2.34. The summed E-state index contributed by atoms with van der Waals surface area (Å²) < 4.78 is 11.8. The maximum absolute atomic E-state index is 14.6. The Labute approximate surface area is 642 Å². The van der Waals surface area contributed by atoms with Gasteiger partial charge in [0.1, 0.15) is 30.6 Å². The number of carboxylic acids is 1. The first-order chi connectivity index (χ1) is 51.0. The summed E-state index contributed by atoms with van der Waals surface area (Å²) in [6.45, 7) is 7.09. The minimum Gasteiger partial charge on any atom is -0.480 e. The van der Waals surface area contributed by atoms with Crippen LogP contribution in [0.15, 0.2) is 0 Å². The van der Waals surface area contributed by atoms with Gasteiger partial charge in [-0.15, -0.1) is 0 Å². The van der Waals surface area contributed by atoms with Crippen LogP contribution in [0.3, 0.4) is 0 Å². The Morgan fingerprint density at radius 2 is 0.657 bits per heavy atom. The largest absolute Gasteiger partial charge is 0.480 e. The number of carbonyl (C=O) groups excluding carboxylic acids is 8. The molecule has 0 heterocycles. The third kappa shape index (κ3) is 60.5. The Balaban J connectivity index is 6.62. The van der Waals surface area contributed by atoms with E-state index >= 15 is 0 Å². The van der Waals surface area contributed by atoms with Gasteiger partial charge in [0.2, 0.25) is 17.7 Å². The highest BCUT2D eigenvalue weighted by atomic mass is 32.2. The number of carbonyl (C=O) groups is 9. The zero-order valence-electron chi connectivity index (χ0n) is 67.1. The fraction of sp³-hybridized carbons (Fsp3) is 0.893. The summed E-state index contributed by atoms with van der Waals surface area (Å²) in [6.07, 6.45) is 49.4. The zero-order valence-corrected chi connectivity index (χ0v) is 67.9. The van der Waals surface area contributed by atoms with Gasteiger partial charge in [0.05, 0.1) is 18.6 Å². The fourth-order valence-electron chi connectivity index (χ4n) is 13.6. The van der Waals surface area contributed by atoms with E-state index in [4.69, 9.17) is 32.4 Å². The number of thioether (sulfide) groups is 1. The first-order valence-electron chi connectivity index (χ1n) is 43.1. The second-order valence-electron chi connectivity index (χ2n) is 30.3. The van der Waals surface area contributed by atoms with Gasteiger partial charge in [0.15, 0.2) is 11.6 Å². The maximum Gasteiger partial charge on any atom is 0.326 e. The zero-order chi connectivity index (χ0) is 77.4. The Bertz CT molecular complexity index is 2160. The van der Waals surface area contributed by atoms with E-state index in [1.165, 1.54) is 179 Å². The van der Waals surface area contributed by atoms with Crippen LogP contribution in [0.4, 0.5) is 0 Å². The summed E-state index contributed by atoms with van der Waals surface area (Å²) >= 11 is 1.29. The van der Waals surface area contributed by atoms with Gasteiger partial charge in [-0.05, 0) is 110 Å². The minimum atomic E-state index is -1.46. The van der Waals surface area contributed by atoms with Gasteiger partial charge in [0, 0.05) is 61.9 Å². The van der Waals surface area contributed by atoms with Crippen LogP contribution in [0.5, 0.6) is 0 Å². The quantitative estimate of drug-likeness (QED) is 0.0202. The van der Waals surface area contributed by atoms with Crippen LogP contribution in [-0.2, 0) is 52.6 Å². The number of aliphatic hydroxyl groups excluding tert-OH is 1. The van der Waals surface area contributed by atoms with Gasteiger partial charge < -0.3 is 58.6 Å². The Morgan fingerprint density at radius 3 is 1.03 bits per heavy atom. The number of ketones is 3. The summed E-state index contributed by atoms with van der Waals surface area (Å²) in [6, 6.07) is -3.73. The van der Waals surface area contributed by atoms with Gasteiger partial charge in [-0.3, -0.25) is 38.4 Å². The van der Waals surface area contributed by atoms with Crippen molar-refractivity contribution in [1.29, 1.82) is 0 Å². The van der Waals surface area contributed by atoms with E-state index in [0.29, 0.717) is 96.8 Å². The summed E-state index contributed by atoms with van der Waals surface area (Å²) in [5.41, 5.74) is 23.2. The molecular formula is C84H159N7O13S. The molecule has 0 bridgehead atoms. The summed E-state index contributed by atoms with van der Waals surface area (Å²) in [4.78, 5) is 125. The number of hydrogen-bond acceptors (Lipinski definition) is 17. The van der Waals surface area contributed by atoms with E-state index in [9.17, 15) is 53.4 Å². The third-order valence-corrected chi connectivity index (χ3v) is 21.7. The first-order valence-corrected chi connectivity index (χ1v) is 44.3. The van der Waals surface area contributed by atoms with E-state index in [1.807, 2.05) is 0 Å². The van der Waals surface area contributed by atoms with Crippen LogP contribution < -0.4 is 38.9 Å². The predicted octanol–water partition coefficient (Wildman–Crippen LogP) is 16.4. The second-order valence-corrected chi connectivity index (χ2v) is 31.4. The molecule has 105 heavy (non-hydrogen) atoms. The molecule has 0 aliphatic heterocycles. The number of aliphatic carboxylic acids is 1. The molecule has 0 saturated heterocycles. The number of aliphatic hydroxyl groups is 1. The summed E-state index contributed by atoms with van der Waals surface area (Å²) in [7, 11) is 0. The van der Waals surface area contributed by atoms with Gasteiger partial charge in [-0.2, -0.15) is 11.8 Å². The van der Waals surface area contributed by atoms with Crippen LogP contribution >= 0.6 is 11.8 Å². The molecule has 0 saturated carbocycles. The number of amides is 3. The predicted molar refractivity (Wildman–Crippen MR) is 431 cm³/mol. The number of nitrogens with one attached hydrogen (secondary N) is 3. The second kappa shape index (κ2) is 74.1. The summed E-state index contributed by atoms with van der Waals surface area (Å²) in [5, 5.41) is 29.1. The van der Waals surface area contributed by atoms with Crippen molar-refractivity contribution in [2.24, 2.45) is 40.7 Å². The Kier molecular flexibility index (Phi) is 71.3. The SMILES string of the molecule is CCCCCCCCCCCCCCCC(=O)C[C@@H](CSCC(COC(=O)CCCCCCCCCCCCCCC)OC(=O)CCCCCCCCCCCCCCC)C(=O)N[C@@H](CO)C(=O)C[C@@H](CCCCN)C(=O)N[C@@H](CCCCN)C(=O)C[C@@H](CCCCN)C(=O)N[C@@H](CCCCN)C(=O)O. The highest BCUT2D eigenvalue weighted by Crippen LogP contribution is 2.24. The lowest BCUT2D eigenvalue weighted by molar-refractivity contribution is -0.157. The number of esters is 2. The average Bonchev–Trinajstić information content (AvgIpc) is 0.864. The first kappa shape index (κ1) is 101. The van der Waals surface area contributed by atoms with Crippen LogP contribution in [0.1, 0.15) is 387 Å². The molecular weight excluding hydrogens is 1350 g/mol. The summed E-state index contributed by atoms with van der Waals surface area (Å²) in [5.74, 6) is -7.68. The number of rotatable bonds is 81. The molecule has 20 nitrogen and oxygen atoms in total. The number of nitrogens with two attached hydrogens (primary N) is 4. The fourth-order valence-corrected chi connectivity index (χ4v) is 14.7. The van der Waals surface area contributed by atoms with Crippen LogP contribution in [0, 0.1) is 17.8 Å². The molecule has 614 valence electrons. The lowest BCUT2D eigenvalue weighted by Gasteiger charge is -2.26. The van der Waals surface area contributed by atoms with Gasteiger partial charge >= 0.3 is 17.9 Å². The van der Waals surface area contributed by atoms with Crippen LogP contribution in [0.25, 0.3) is 0 Å². The molecule has 1 unspecified atom stereocenters. The van der Waals surface area contributed by atoms with Crippen molar-refractivity contribution >= 4 is 64.7 Å². The molecule has 0 rings (SSSR count). The number of carboxylic acid groups (broad SMARTS) is 1. The monoisotopic (exact) mass is 1510 g/mol. The van der Waals surface area contributed by atoms with Crippen molar-refractivity contribution in [2.45, 2.75) is 411 Å². The minimum absolute atomic E-state index is 0.0799. The van der Waals surface area contributed by atoms with Crippen molar-refractivity contribution in [3.63, 3.8) is 0 Å². The van der Waals surface area contributed by atoms with Crippen molar-refractivity contribution in [1.82, 2.24) is 16.0 Å². The van der Waals surface area contributed by atoms with Gasteiger partial charge in [-0.25, -0.2) is 4.79 Å². The number of unbranched alkanes of at least 4 members (excludes halogenated alkanes) is 40. The number of hydrogen-bond donors (Lipinski definition) is 9. The molecule has 7 atom stereocenters. The molecule has 0 aromatic rings. The molecule has 0 spiro atoms. The van der Waals surface area contributed by atoms with Crippen molar-refractivity contribution in [3.05, 3.63) is 0 Å². The average molecular weight is 1510 g/mol. The van der Waals surface area contributed by atoms with Crippen molar-refractivity contribution < 1.29 is 62.8 Å². The van der Waals surface area contributed by atoms with Gasteiger partial charge in [0.25, 0.3) is 0 Å². The van der Waals surface area contributed by atoms with Gasteiger partial charge in [-0.1, -0.05) is 265 Å². The van der Waals surface area contributed by atoms with Crippen molar-refractivity contribution in [3.8, 4) is 0 Å². The van der Waals surface area contributed by atoms with E-state index in [2.05, 4.69) is 36.7 Å². The highest BCUT2D eigenvalue weighted by molar-refractivity contribution is 7.99. The van der Waals surface area contributed by atoms with E-state index in [-0.39, 0.29) is 87.7 Å². The Morgan fingerprint density at radius 1 is 0.343 bits per heavy atom. The Hall–Kier alpha value is -4.02. The standard InChI is InChI=1S/C84H159N7O13S/c1-4-7-10-13-16-19-22-25-28-31-34-37-40-53-72(93)62-71(67-105-68-73(104-80(97)57-42-39-36-33-30-27-24-21-18-15-12-9-6-3)66-103-79(96)56-41-38-35-32-29-26-23-20-17-14-11-8-5-2)83(100)91-76(65-92)78(95)64-70(52-44-48-59-86)81(98)89-74(54-45-49-60-87)77(94)63-69(51-43-47-58-85)82(99)90-75(84(101)102)55-46-50-61-88/h69-71,73-76,92H,4-68,85-88H2,1-3H3,(H,89,98)(H,90,99)(H,91,100)(H,101,102)/t69-,70-,71+,73?,74+,75+,76+/m1/s1. The molecule has 21 heteroatoms. The molecule has 0 aromatic heterocycles. The molecule has 0 aliphatic carbocycles. The van der Waals surface area contributed by atoms with Crippen molar-refractivity contribution in [2.75, 3.05) is 50.9 Å². The molecule has 13 N–H and O–H groups in total. The van der Waals surface area contributed by atoms with E-state index < -0.39 is 96.2 Å². The molecule has 0 radical (unpaired) electrons. The normalized spacial score (nSPS) is 13.5. The number of Topliss-reactive ketones (excluding diaryl/α,β-unsaturated/α-hetero) is 3. The molecule has 0 aromatic carbocycles. The number of ether oxygens (including phenoxy) is 2. The smallest absolute Gasteiger partial charge is 0.326 e. The third-order valence-electron chi connectivity index (χ3n) is 20.5. The van der Waals surface area contributed by atoms with Crippen LogP contribution in [-0.4, -0.2) is 138 Å².